The minimum Gasteiger partial charge on any atom is -0.496 e. The van der Waals surface area contributed by atoms with E-state index in [1.807, 2.05) is 13.8 Å². The molecule has 0 radical (unpaired) electrons. The van der Waals surface area contributed by atoms with Crippen molar-refractivity contribution in [3.05, 3.63) is 34.6 Å². The number of methoxy groups -OCH3 is 3. The first kappa shape index (κ1) is 19.3. The van der Waals surface area contributed by atoms with Crippen molar-refractivity contribution in [3.63, 3.8) is 0 Å². The summed E-state index contributed by atoms with van der Waals surface area (Å²) in [4.78, 5) is 12.0. The van der Waals surface area contributed by atoms with Gasteiger partial charge in [-0.1, -0.05) is 0 Å². The van der Waals surface area contributed by atoms with Crippen molar-refractivity contribution < 1.29 is 19.0 Å². The normalized spacial score (nSPS) is 10.8. The molecule has 8 nitrogen and oxygen atoms in total. The maximum Gasteiger partial charge on any atom is 0.240 e. The number of nitrogens with zero attached hydrogens (tertiary/aromatic N) is 2. The molecule has 0 spiro atoms. The summed E-state index contributed by atoms with van der Waals surface area (Å²) in [6, 6.07) is 3.43. The van der Waals surface area contributed by atoms with E-state index in [1.165, 1.54) is 6.21 Å². The predicted octanol–water partition coefficient (Wildman–Crippen LogP) is 2.14. The van der Waals surface area contributed by atoms with Crippen LogP contribution in [0.2, 0.25) is 0 Å². The van der Waals surface area contributed by atoms with Gasteiger partial charge in [0.25, 0.3) is 0 Å². The SMILES string of the molecule is COc1cc(OC)c(OC)cc1C=NNC(=O)CCc1c(C)n[nH]c1C. The molecule has 2 rings (SSSR count). The topological polar surface area (TPSA) is 97.8 Å². The van der Waals surface area contributed by atoms with E-state index in [1.54, 1.807) is 33.5 Å². The van der Waals surface area contributed by atoms with E-state index in [0.717, 1.165) is 17.0 Å². The summed E-state index contributed by atoms with van der Waals surface area (Å²) in [6.07, 6.45) is 2.43. The van der Waals surface area contributed by atoms with Crippen LogP contribution in [0.1, 0.15) is 28.9 Å². The number of benzene rings is 1. The standard InChI is InChI=1S/C18H24N4O4/c1-11-14(12(2)21-20-11)6-7-18(23)22-19-10-13-8-16(25-4)17(26-5)9-15(13)24-3/h8-10H,6-7H2,1-5H3,(H,20,21)(H,22,23). The van der Waals surface area contributed by atoms with Crippen molar-refractivity contribution in [1.82, 2.24) is 15.6 Å². The van der Waals surface area contributed by atoms with Gasteiger partial charge in [-0.15, -0.1) is 0 Å². The summed E-state index contributed by atoms with van der Waals surface area (Å²) < 4.78 is 15.8. The van der Waals surface area contributed by atoms with Crippen LogP contribution in [0, 0.1) is 13.8 Å². The van der Waals surface area contributed by atoms with Crippen molar-refractivity contribution in [2.45, 2.75) is 26.7 Å². The van der Waals surface area contributed by atoms with E-state index in [-0.39, 0.29) is 5.91 Å². The second kappa shape index (κ2) is 8.89. The summed E-state index contributed by atoms with van der Waals surface area (Å²) in [6.45, 7) is 3.85. The van der Waals surface area contributed by atoms with Crippen LogP contribution < -0.4 is 19.6 Å². The van der Waals surface area contributed by atoms with Crippen LogP contribution in [0.5, 0.6) is 17.2 Å². The smallest absolute Gasteiger partial charge is 0.240 e. The predicted molar refractivity (Wildman–Crippen MR) is 98.2 cm³/mol. The summed E-state index contributed by atoms with van der Waals surface area (Å²) >= 11 is 0. The monoisotopic (exact) mass is 360 g/mol. The highest BCUT2D eigenvalue weighted by molar-refractivity contribution is 5.86. The van der Waals surface area contributed by atoms with Gasteiger partial charge in [0.05, 0.1) is 33.2 Å². The van der Waals surface area contributed by atoms with E-state index in [4.69, 9.17) is 14.2 Å². The molecule has 2 aromatic rings. The number of hydrogen-bond acceptors (Lipinski definition) is 6. The zero-order valence-electron chi connectivity index (χ0n) is 15.7. The fourth-order valence-electron chi connectivity index (χ4n) is 2.56. The first-order valence-corrected chi connectivity index (χ1v) is 8.12. The maximum atomic E-state index is 12.0. The van der Waals surface area contributed by atoms with Gasteiger partial charge in [-0.05, 0) is 31.9 Å². The second-order valence-corrected chi connectivity index (χ2v) is 5.65. The first-order chi connectivity index (χ1) is 12.5. The molecule has 0 unspecified atom stereocenters. The number of aromatic amines is 1. The van der Waals surface area contributed by atoms with Crippen LogP contribution in [0.4, 0.5) is 0 Å². The van der Waals surface area contributed by atoms with E-state index in [9.17, 15) is 4.79 Å². The van der Waals surface area contributed by atoms with Crippen molar-refractivity contribution in [2.24, 2.45) is 5.10 Å². The van der Waals surface area contributed by atoms with Crippen LogP contribution in [0.15, 0.2) is 17.2 Å². The third kappa shape index (κ3) is 4.53. The molecule has 0 bridgehead atoms. The van der Waals surface area contributed by atoms with Crippen molar-refractivity contribution in [3.8, 4) is 17.2 Å². The number of carbonyl (C=O) groups is 1. The number of ether oxygens (including phenoxy) is 3. The quantitative estimate of drug-likeness (QED) is 0.555. The van der Waals surface area contributed by atoms with Gasteiger partial charge < -0.3 is 14.2 Å². The Kier molecular flexibility index (Phi) is 6.60. The molecule has 0 saturated heterocycles. The van der Waals surface area contributed by atoms with E-state index < -0.39 is 0 Å². The van der Waals surface area contributed by atoms with E-state index in [0.29, 0.717) is 35.7 Å². The molecule has 0 atom stereocenters. The van der Waals surface area contributed by atoms with E-state index >= 15 is 0 Å². The molecule has 0 saturated carbocycles. The third-order valence-corrected chi connectivity index (χ3v) is 4.01. The molecule has 2 N–H and O–H groups in total. The number of hydrogen-bond donors (Lipinski definition) is 2. The van der Waals surface area contributed by atoms with Gasteiger partial charge in [-0.25, -0.2) is 5.43 Å². The Morgan fingerprint density at radius 2 is 1.81 bits per heavy atom. The molecular weight excluding hydrogens is 336 g/mol. The Balaban J connectivity index is 2.00. The van der Waals surface area contributed by atoms with Gasteiger partial charge in [0.2, 0.25) is 5.91 Å². The molecule has 1 amide bonds. The zero-order valence-corrected chi connectivity index (χ0v) is 15.7. The van der Waals surface area contributed by atoms with Crippen molar-refractivity contribution in [2.75, 3.05) is 21.3 Å². The van der Waals surface area contributed by atoms with E-state index in [2.05, 4.69) is 20.7 Å². The number of amides is 1. The molecule has 0 aliphatic rings. The lowest BCUT2D eigenvalue weighted by atomic mass is 10.1. The van der Waals surface area contributed by atoms with Crippen molar-refractivity contribution >= 4 is 12.1 Å². The molecule has 26 heavy (non-hydrogen) atoms. The van der Waals surface area contributed by atoms with Gasteiger partial charge >= 0.3 is 0 Å². The molecule has 0 aliphatic carbocycles. The van der Waals surface area contributed by atoms with Gasteiger partial charge in [0.15, 0.2) is 11.5 Å². The fourth-order valence-corrected chi connectivity index (χ4v) is 2.56. The van der Waals surface area contributed by atoms with Crippen LogP contribution in [-0.4, -0.2) is 43.6 Å². The summed E-state index contributed by atoms with van der Waals surface area (Å²) in [5, 5.41) is 11.0. The molecule has 8 heteroatoms. The first-order valence-electron chi connectivity index (χ1n) is 8.12. The molecule has 0 fully saturated rings. The molecule has 1 heterocycles. The summed E-state index contributed by atoms with van der Waals surface area (Å²) in [5.74, 6) is 1.48. The maximum absolute atomic E-state index is 12.0. The lowest BCUT2D eigenvalue weighted by Gasteiger charge is -2.11. The Bertz CT molecular complexity index is 779. The Morgan fingerprint density at radius 3 is 2.38 bits per heavy atom. The molecular formula is C18H24N4O4. The number of H-pyrrole nitrogens is 1. The van der Waals surface area contributed by atoms with Gasteiger partial charge in [-0.3, -0.25) is 9.89 Å². The number of carbonyl (C=O) groups excluding carboxylic acids is 1. The van der Waals surface area contributed by atoms with Crippen LogP contribution in [-0.2, 0) is 11.2 Å². The van der Waals surface area contributed by atoms with Gasteiger partial charge in [0.1, 0.15) is 5.75 Å². The number of aryl methyl sites for hydroxylation is 2. The lowest BCUT2D eigenvalue weighted by molar-refractivity contribution is -0.121. The minimum absolute atomic E-state index is 0.180. The number of nitrogens with one attached hydrogen (secondary N) is 2. The Morgan fingerprint density at radius 1 is 1.15 bits per heavy atom. The summed E-state index contributed by atoms with van der Waals surface area (Å²) in [5.41, 5.74) is 6.13. The second-order valence-electron chi connectivity index (χ2n) is 5.65. The molecule has 140 valence electrons. The number of rotatable bonds is 8. The Labute approximate surface area is 152 Å². The van der Waals surface area contributed by atoms with Crippen LogP contribution in [0.3, 0.4) is 0 Å². The molecule has 1 aromatic heterocycles. The largest absolute Gasteiger partial charge is 0.496 e. The number of hydrazone groups is 1. The lowest BCUT2D eigenvalue weighted by Crippen LogP contribution is -2.18. The average molecular weight is 360 g/mol. The molecule has 0 aliphatic heterocycles. The zero-order chi connectivity index (χ0) is 19.1. The highest BCUT2D eigenvalue weighted by Crippen LogP contribution is 2.33. The summed E-state index contributed by atoms with van der Waals surface area (Å²) in [7, 11) is 4.65. The Hall–Kier alpha value is -3.03. The van der Waals surface area contributed by atoms with Crippen molar-refractivity contribution in [1.29, 1.82) is 0 Å². The van der Waals surface area contributed by atoms with Gasteiger partial charge in [0, 0.05) is 23.7 Å². The average Bonchev–Trinajstić information content (AvgIpc) is 2.97. The molecule has 1 aromatic carbocycles. The number of aromatic nitrogens is 2. The highest BCUT2D eigenvalue weighted by Gasteiger charge is 2.11. The highest BCUT2D eigenvalue weighted by atomic mass is 16.5. The van der Waals surface area contributed by atoms with Crippen LogP contribution in [0.25, 0.3) is 0 Å². The van der Waals surface area contributed by atoms with Crippen LogP contribution >= 0.6 is 0 Å². The third-order valence-electron chi connectivity index (χ3n) is 4.01. The fraction of sp³-hybridized carbons (Fsp3) is 0.389. The van der Waals surface area contributed by atoms with Gasteiger partial charge in [-0.2, -0.15) is 10.2 Å². The minimum atomic E-state index is -0.180.